The van der Waals surface area contributed by atoms with Gasteiger partial charge in [-0.25, -0.2) is 4.79 Å². The van der Waals surface area contributed by atoms with Crippen LogP contribution in [0.4, 0.5) is 10.5 Å². The fraction of sp³-hybridized carbons (Fsp3) is 0.632. The molecular formula is C19H32N2O3. The van der Waals surface area contributed by atoms with Crippen molar-refractivity contribution in [1.29, 1.82) is 0 Å². The Bertz CT molecular complexity index is 524. The van der Waals surface area contributed by atoms with E-state index in [0.717, 1.165) is 12.8 Å². The molecule has 5 heteroatoms. The van der Waals surface area contributed by atoms with Gasteiger partial charge in [0.05, 0.1) is 13.2 Å². The number of urea groups is 1. The number of benzene rings is 1. The van der Waals surface area contributed by atoms with Crippen molar-refractivity contribution in [2.24, 2.45) is 5.41 Å². The second-order valence-electron chi connectivity index (χ2n) is 7.21. The third kappa shape index (κ3) is 7.11. The van der Waals surface area contributed by atoms with E-state index in [1.165, 1.54) is 0 Å². The van der Waals surface area contributed by atoms with E-state index in [1.807, 2.05) is 18.2 Å². The van der Waals surface area contributed by atoms with Crippen LogP contribution in [-0.2, 0) is 0 Å². The predicted octanol–water partition coefficient (Wildman–Crippen LogP) is 4.77. The van der Waals surface area contributed by atoms with Crippen LogP contribution in [0.2, 0.25) is 0 Å². The molecule has 0 heterocycles. The minimum Gasteiger partial charge on any atom is -0.490 e. The SMILES string of the molecule is CCCOc1ccc(NC(=O)N(C)CC(C)(C)C)cc1OCCC. The molecule has 0 unspecified atom stereocenters. The van der Waals surface area contributed by atoms with Gasteiger partial charge in [0.1, 0.15) is 0 Å². The number of nitrogens with zero attached hydrogens (tertiary/aromatic N) is 1. The summed E-state index contributed by atoms with van der Waals surface area (Å²) in [6, 6.07) is 5.38. The lowest BCUT2D eigenvalue weighted by Gasteiger charge is -2.26. The van der Waals surface area contributed by atoms with Gasteiger partial charge in [-0.05, 0) is 30.4 Å². The van der Waals surface area contributed by atoms with Gasteiger partial charge >= 0.3 is 6.03 Å². The maximum Gasteiger partial charge on any atom is 0.321 e. The Morgan fingerprint density at radius 3 is 2.21 bits per heavy atom. The first-order valence-electron chi connectivity index (χ1n) is 8.68. The quantitative estimate of drug-likeness (QED) is 0.743. The molecule has 0 saturated carbocycles. The van der Waals surface area contributed by atoms with Crippen LogP contribution in [-0.4, -0.2) is 37.7 Å². The molecule has 0 fully saturated rings. The highest BCUT2D eigenvalue weighted by atomic mass is 16.5. The Balaban J connectivity index is 2.82. The number of hydrogen-bond acceptors (Lipinski definition) is 3. The van der Waals surface area contributed by atoms with E-state index in [4.69, 9.17) is 9.47 Å². The van der Waals surface area contributed by atoms with Crippen LogP contribution in [0, 0.1) is 5.41 Å². The van der Waals surface area contributed by atoms with E-state index >= 15 is 0 Å². The standard InChI is InChI=1S/C19H32N2O3/c1-7-11-23-16-10-9-15(13-17(16)24-12-8-2)20-18(22)21(6)14-19(3,4)5/h9-10,13H,7-8,11-12,14H2,1-6H3,(H,20,22). The van der Waals surface area contributed by atoms with E-state index in [0.29, 0.717) is 36.9 Å². The highest BCUT2D eigenvalue weighted by Gasteiger charge is 2.18. The average molecular weight is 336 g/mol. The smallest absolute Gasteiger partial charge is 0.321 e. The molecule has 0 spiro atoms. The zero-order valence-electron chi connectivity index (χ0n) is 15.9. The molecule has 0 bridgehead atoms. The van der Waals surface area contributed by atoms with E-state index < -0.39 is 0 Å². The number of amides is 2. The summed E-state index contributed by atoms with van der Waals surface area (Å²) < 4.78 is 11.5. The fourth-order valence-corrected chi connectivity index (χ4v) is 2.24. The molecule has 0 aliphatic heterocycles. The molecular weight excluding hydrogens is 304 g/mol. The van der Waals surface area contributed by atoms with Gasteiger partial charge in [-0.3, -0.25) is 0 Å². The van der Waals surface area contributed by atoms with E-state index in [1.54, 1.807) is 11.9 Å². The summed E-state index contributed by atoms with van der Waals surface area (Å²) in [6.07, 6.45) is 1.85. The summed E-state index contributed by atoms with van der Waals surface area (Å²) in [4.78, 5) is 14.0. The van der Waals surface area contributed by atoms with Crippen molar-refractivity contribution in [3.8, 4) is 11.5 Å². The third-order valence-corrected chi connectivity index (χ3v) is 3.18. The minimum atomic E-state index is -0.131. The minimum absolute atomic E-state index is 0.0549. The molecule has 5 nitrogen and oxygen atoms in total. The molecule has 0 radical (unpaired) electrons. The van der Waals surface area contributed by atoms with Crippen molar-refractivity contribution < 1.29 is 14.3 Å². The van der Waals surface area contributed by atoms with E-state index in [-0.39, 0.29) is 11.4 Å². The highest BCUT2D eigenvalue weighted by molar-refractivity contribution is 5.89. The zero-order valence-corrected chi connectivity index (χ0v) is 15.9. The van der Waals surface area contributed by atoms with Crippen LogP contribution < -0.4 is 14.8 Å². The summed E-state index contributed by atoms with van der Waals surface area (Å²) in [5, 5.41) is 2.92. The van der Waals surface area contributed by atoms with Crippen LogP contribution in [0.25, 0.3) is 0 Å². The van der Waals surface area contributed by atoms with Gasteiger partial charge in [0.2, 0.25) is 0 Å². The molecule has 0 aliphatic carbocycles. The lowest BCUT2D eigenvalue weighted by atomic mass is 9.96. The Morgan fingerprint density at radius 1 is 1.08 bits per heavy atom. The van der Waals surface area contributed by atoms with Gasteiger partial charge in [0.25, 0.3) is 0 Å². The molecule has 1 aromatic carbocycles. The molecule has 136 valence electrons. The van der Waals surface area contributed by atoms with Gasteiger partial charge in [-0.15, -0.1) is 0 Å². The molecule has 1 aromatic rings. The van der Waals surface area contributed by atoms with Crippen molar-refractivity contribution in [1.82, 2.24) is 4.90 Å². The third-order valence-electron chi connectivity index (χ3n) is 3.18. The second-order valence-corrected chi connectivity index (χ2v) is 7.21. The van der Waals surface area contributed by atoms with Gasteiger partial charge in [0.15, 0.2) is 11.5 Å². The van der Waals surface area contributed by atoms with Crippen molar-refractivity contribution in [2.75, 3.05) is 32.1 Å². The van der Waals surface area contributed by atoms with Gasteiger partial charge in [-0.2, -0.15) is 0 Å². The first kappa shape index (κ1) is 20.1. The van der Waals surface area contributed by atoms with Crippen LogP contribution in [0.15, 0.2) is 18.2 Å². The van der Waals surface area contributed by atoms with Crippen molar-refractivity contribution in [3.63, 3.8) is 0 Å². The molecule has 0 aromatic heterocycles. The highest BCUT2D eigenvalue weighted by Crippen LogP contribution is 2.31. The normalized spacial score (nSPS) is 11.1. The molecule has 24 heavy (non-hydrogen) atoms. The molecule has 0 atom stereocenters. The largest absolute Gasteiger partial charge is 0.490 e. The summed E-state index contributed by atoms with van der Waals surface area (Å²) in [5.41, 5.74) is 0.759. The van der Waals surface area contributed by atoms with E-state index in [2.05, 4.69) is 39.9 Å². The van der Waals surface area contributed by atoms with Gasteiger partial charge < -0.3 is 19.7 Å². The number of hydrogen-bond donors (Lipinski definition) is 1. The lowest BCUT2D eigenvalue weighted by molar-refractivity contribution is 0.201. The Kier molecular flexibility index (Phi) is 7.89. The number of carbonyl (C=O) groups is 1. The Hall–Kier alpha value is -1.91. The second kappa shape index (κ2) is 9.40. The number of nitrogens with one attached hydrogen (secondary N) is 1. The van der Waals surface area contributed by atoms with Crippen molar-refractivity contribution in [3.05, 3.63) is 18.2 Å². The van der Waals surface area contributed by atoms with Crippen LogP contribution >= 0.6 is 0 Å². The first-order chi connectivity index (χ1) is 11.3. The number of anilines is 1. The average Bonchev–Trinajstić information content (AvgIpc) is 2.50. The molecule has 0 saturated heterocycles. The fourth-order valence-electron chi connectivity index (χ4n) is 2.24. The maximum atomic E-state index is 12.3. The number of carbonyl (C=O) groups excluding carboxylic acids is 1. The lowest BCUT2D eigenvalue weighted by Crippen LogP contribution is -2.37. The monoisotopic (exact) mass is 336 g/mol. The Morgan fingerprint density at radius 2 is 1.67 bits per heavy atom. The number of rotatable bonds is 8. The summed E-state index contributed by atoms with van der Waals surface area (Å²) in [7, 11) is 1.80. The molecule has 2 amide bonds. The first-order valence-corrected chi connectivity index (χ1v) is 8.68. The maximum absolute atomic E-state index is 12.3. The van der Waals surface area contributed by atoms with E-state index in [9.17, 15) is 4.79 Å². The topological polar surface area (TPSA) is 50.8 Å². The van der Waals surface area contributed by atoms with Crippen LogP contribution in [0.5, 0.6) is 11.5 Å². The summed E-state index contributed by atoms with van der Waals surface area (Å²) in [6.45, 7) is 12.4. The van der Waals surface area contributed by atoms with Crippen molar-refractivity contribution >= 4 is 11.7 Å². The Labute approximate surface area is 146 Å². The van der Waals surface area contributed by atoms with Crippen LogP contribution in [0.1, 0.15) is 47.5 Å². The molecule has 0 aliphatic rings. The summed E-state index contributed by atoms with van der Waals surface area (Å²) >= 11 is 0. The van der Waals surface area contributed by atoms with Crippen molar-refractivity contribution in [2.45, 2.75) is 47.5 Å². The van der Waals surface area contributed by atoms with Gasteiger partial charge in [-0.1, -0.05) is 34.6 Å². The van der Waals surface area contributed by atoms with Crippen LogP contribution in [0.3, 0.4) is 0 Å². The number of ether oxygens (including phenoxy) is 2. The summed E-state index contributed by atoms with van der Waals surface area (Å²) in [5.74, 6) is 1.38. The van der Waals surface area contributed by atoms with Gasteiger partial charge in [0, 0.05) is 25.3 Å². The predicted molar refractivity (Wildman–Crippen MR) is 99.1 cm³/mol. The molecule has 1 N–H and O–H groups in total. The molecule has 1 rings (SSSR count). The zero-order chi connectivity index (χ0) is 18.2.